The second-order valence-corrected chi connectivity index (χ2v) is 3.74. The van der Waals surface area contributed by atoms with Gasteiger partial charge in [-0.05, 0) is 32.2 Å². The van der Waals surface area contributed by atoms with E-state index in [0.717, 1.165) is 12.5 Å². The molecule has 0 aromatic heterocycles. The van der Waals surface area contributed by atoms with E-state index in [2.05, 4.69) is 12.2 Å². The molecule has 2 unspecified atom stereocenters. The molecule has 0 bridgehead atoms. The first-order valence-electron chi connectivity index (χ1n) is 4.10. The van der Waals surface area contributed by atoms with Gasteiger partial charge in [-0.2, -0.15) is 0 Å². The average Bonchev–Trinajstić information content (AvgIpc) is 2.12. The minimum atomic E-state index is 0.105. The molecule has 0 aliphatic heterocycles. The molecule has 1 aliphatic rings. The Morgan fingerprint density at radius 2 is 2.40 bits per heavy atom. The van der Waals surface area contributed by atoms with Gasteiger partial charge < -0.3 is 11.1 Å². The van der Waals surface area contributed by atoms with E-state index in [1.165, 1.54) is 19.3 Å². The molecule has 1 fully saturated rings. The van der Waals surface area contributed by atoms with E-state index >= 15 is 0 Å². The standard InChI is InChI=1S/C8H18N2/c1-7-3-4-8(9,5-7)6-10-2/h7,10H,3-6,9H2,1-2H3. The molecule has 0 aromatic rings. The fourth-order valence-electron chi connectivity index (χ4n) is 1.94. The molecule has 60 valence electrons. The topological polar surface area (TPSA) is 38.0 Å². The van der Waals surface area contributed by atoms with Gasteiger partial charge in [-0.25, -0.2) is 0 Å². The van der Waals surface area contributed by atoms with E-state index in [1.807, 2.05) is 7.05 Å². The molecule has 0 saturated heterocycles. The van der Waals surface area contributed by atoms with Crippen molar-refractivity contribution < 1.29 is 0 Å². The molecule has 0 heterocycles. The van der Waals surface area contributed by atoms with Gasteiger partial charge in [0.25, 0.3) is 0 Å². The third-order valence-electron chi connectivity index (χ3n) is 2.42. The smallest absolute Gasteiger partial charge is 0.0283 e. The van der Waals surface area contributed by atoms with E-state index in [1.54, 1.807) is 0 Å². The van der Waals surface area contributed by atoms with Gasteiger partial charge in [-0.3, -0.25) is 0 Å². The molecule has 0 amide bonds. The van der Waals surface area contributed by atoms with Gasteiger partial charge in [0.05, 0.1) is 0 Å². The van der Waals surface area contributed by atoms with Crippen LogP contribution in [-0.2, 0) is 0 Å². The summed E-state index contributed by atoms with van der Waals surface area (Å²) in [4.78, 5) is 0. The molecule has 1 saturated carbocycles. The van der Waals surface area contributed by atoms with Crippen LogP contribution in [0.15, 0.2) is 0 Å². The normalized spacial score (nSPS) is 40.5. The molecular formula is C8H18N2. The monoisotopic (exact) mass is 142 g/mol. The highest BCUT2D eigenvalue weighted by Gasteiger charge is 2.32. The number of hydrogen-bond donors (Lipinski definition) is 2. The molecule has 2 atom stereocenters. The van der Waals surface area contributed by atoms with E-state index in [4.69, 9.17) is 5.73 Å². The van der Waals surface area contributed by atoms with Gasteiger partial charge in [-0.15, -0.1) is 0 Å². The lowest BCUT2D eigenvalue weighted by Gasteiger charge is -2.23. The summed E-state index contributed by atoms with van der Waals surface area (Å²) in [6.07, 6.45) is 3.68. The Hall–Kier alpha value is -0.0800. The summed E-state index contributed by atoms with van der Waals surface area (Å²) >= 11 is 0. The first-order valence-corrected chi connectivity index (χ1v) is 4.10. The summed E-state index contributed by atoms with van der Waals surface area (Å²) < 4.78 is 0. The molecular weight excluding hydrogens is 124 g/mol. The van der Waals surface area contributed by atoms with E-state index in [0.29, 0.717) is 0 Å². The summed E-state index contributed by atoms with van der Waals surface area (Å²) in [6, 6.07) is 0. The summed E-state index contributed by atoms with van der Waals surface area (Å²) in [5.41, 5.74) is 6.20. The van der Waals surface area contributed by atoms with Gasteiger partial charge in [0.1, 0.15) is 0 Å². The highest BCUT2D eigenvalue weighted by Crippen LogP contribution is 2.31. The van der Waals surface area contributed by atoms with Crippen molar-refractivity contribution in [3.05, 3.63) is 0 Å². The van der Waals surface area contributed by atoms with Crippen molar-refractivity contribution in [2.75, 3.05) is 13.6 Å². The van der Waals surface area contributed by atoms with Crippen LogP contribution in [-0.4, -0.2) is 19.1 Å². The van der Waals surface area contributed by atoms with Crippen LogP contribution in [0.5, 0.6) is 0 Å². The molecule has 3 N–H and O–H groups in total. The molecule has 2 heteroatoms. The maximum Gasteiger partial charge on any atom is 0.0283 e. The van der Waals surface area contributed by atoms with Crippen LogP contribution in [0.1, 0.15) is 26.2 Å². The number of rotatable bonds is 2. The minimum Gasteiger partial charge on any atom is -0.324 e. The maximum absolute atomic E-state index is 6.10. The zero-order valence-corrected chi connectivity index (χ0v) is 6.98. The molecule has 1 rings (SSSR count). The predicted octanol–water partition coefficient (Wildman–Crippen LogP) is 0.723. The summed E-state index contributed by atoms with van der Waals surface area (Å²) in [7, 11) is 1.97. The van der Waals surface area contributed by atoms with Gasteiger partial charge in [-0.1, -0.05) is 6.92 Å². The Labute approximate surface area is 63.2 Å². The zero-order chi connectivity index (χ0) is 7.61. The van der Waals surface area contributed by atoms with Crippen LogP contribution in [0.25, 0.3) is 0 Å². The van der Waals surface area contributed by atoms with Crippen molar-refractivity contribution >= 4 is 0 Å². The first-order chi connectivity index (χ1) is 4.66. The Morgan fingerprint density at radius 3 is 2.80 bits per heavy atom. The fraction of sp³-hybridized carbons (Fsp3) is 1.00. The van der Waals surface area contributed by atoms with Gasteiger partial charge >= 0.3 is 0 Å². The zero-order valence-electron chi connectivity index (χ0n) is 6.98. The molecule has 0 aromatic carbocycles. The van der Waals surface area contributed by atoms with Crippen molar-refractivity contribution in [3.8, 4) is 0 Å². The minimum absolute atomic E-state index is 0.105. The second-order valence-electron chi connectivity index (χ2n) is 3.74. The van der Waals surface area contributed by atoms with E-state index in [9.17, 15) is 0 Å². The van der Waals surface area contributed by atoms with Gasteiger partial charge in [0.2, 0.25) is 0 Å². The average molecular weight is 142 g/mol. The SMILES string of the molecule is CNCC1(N)CCC(C)C1. The Kier molecular flexibility index (Phi) is 2.32. The van der Waals surface area contributed by atoms with Crippen LogP contribution >= 0.6 is 0 Å². The highest BCUT2D eigenvalue weighted by molar-refractivity contribution is 4.93. The molecule has 2 nitrogen and oxygen atoms in total. The molecule has 0 spiro atoms. The van der Waals surface area contributed by atoms with E-state index in [-0.39, 0.29) is 5.54 Å². The number of nitrogens with two attached hydrogens (primary N) is 1. The number of likely N-dealkylation sites (N-methyl/N-ethyl adjacent to an activating group) is 1. The van der Waals surface area contributed by atoms with Crippen LogP contribution in [0, 0.1) is 5.92 Å². The largest absolute Gasteiger partial charge is 0.324 e. The van der Waals surface area contributed by atoms with Crippen molar-refractivity contribution in [1.29, 1.82) is 0 Å². The van der Waals surface area contributed by atoms with Crippen LogP contribution < -0.4 is 11.1 Å². The highest BCUT2D eigenvalue weighted by atomic mass is 14.9. The lowest BCUT2D eigenvalue weighted by atomic mass is 9.98. The van der Waals surface area contributed by atoms with Gasteiger partial charge in [0, 0.05) is 12.1 Å². The Balaban J connectivity index is 2.38. The third kappa shape index (κ3) is 1.70. The second kappa shape index (κ2) is 2.89. The van der Waals surface area contributed by atoms with Crippen molar-refractivity contribution in [2.24, 2.45) is 11.7 Å². The fourth-order valence-corrected chi connectivity index (χ4v) is 1.94. The van der Waals surface area contributed by atoms with Gasteiger partial charge in [0.15, 0.2) is 0 Å². The molecule has 0 radical (unpaired) electrons. The number of hydrogen-bond acceptors (Lipinski definition) is 2. The van der Waals surface area contributed by atoms with Crippen LogP contribution in [0.4, 0.5) is 0 Å². The third-order valence-corrected chi connectivity index (χ3v) is 2.42. The summed E-state index contributed by atoms with van der Waals surface area (Å²) in [6.45, 7) is 3.25. The van der Waals surface area contributed by atoms with Crippen LogP contribution in [0.2, 0.25) is 0 Å². The summed E-state index contributed by atoms with van der Waals surface area (Å²) in [5, 5.41) is 3.15. The lowest BCUT2D eigenvalue weighted by molar-refractivity contribution is 0.405. The maximum atomic E-state index is 6.10. The van der Waals surface area contributed by atoms with Crippen LogP contribution in [0.3, 0.4) is 0 Å². The first kappa shape index (κ1) is 8.02. The van der Waals surface area contributed by atoms with Crippen molar-refractivity contribution in [1.82, 2.24) is 5.32 Å². The van der Waals surface area contributed by atoms with E-state index < -0.39 is 0 Å². The summed E-state index contributed by atoms with van der Waals surface area (Å²) in [5.74, 6) is 0.832. The van der Waals surface area contributed by atoms with Crippen molar-refractivity contribution in [2.45, 2.75) is 31.7 Å². The Bertz CT molecular complexity index is 110. The van der Waals surface area contributed by atoms with Crippen molar-refractivity contribution in [3.63, 3.8) is 0 Å². The quantitative estimate of drug-likeness (QED) is 0.596. The molecule has 10 heavy (non-hydrogen) atoms. The number of nitrogens with one attached hydrogen (secondary N) is 1. The lowest BCUT2D eigenvalue weighted by Crippen LogP contribution is -2.45. The Morgan fingerprint density at radius 1 is 1.70 bits per heavy atom. The molecule has 1 aliphatic carbocycles. The predicted molar refractivity (Wildman–Crippen MR) is 43.9 cm³/mol.